The van der Waals surface area contributed by atoms with Gasteiger partial charge in [-0.05, 0) is 0 Å². The van der Waals surface area contributed by atoms with E-state index in [1.165, 1.54) is 0 Å². The molecule has 62 valence electrons. The molecule has 12 heavy (non-hydrogen) atoms. The van der Waals surface area contributed by atoms with E-state index in [1.807, 2.05) is 0 Å². The minimum Gasteiger partial charge on any atom is -0.748 e. The van der Waals surface area contributed by atoms with Crippen molar-refractivity contribution < 1.29 is 63.7 Å². The molecule has 0 saturated carbocycles. The van der Waals surface area contributed by atoms with E-state index in [9.17, 15) is 25.9 Å². The molecule has 0 aliphatic carbocycles. The van der Waals surface area contributed by atoms with Gasteiger partial charge in [0.1, 0.15) is 0 Å². The molecule has 10 heteroatoms. The van der Waals surface area contributed by atoms with Gasteiger partial charge in [-0.25, -0.2) is 16.8 Å². The van der Waals surface area contributed by atoms with Gasteiger partial charge in [-0.3, -0.25) is 0 Å². The third-order valence-electron chi connectivity index (χ3n) is 0.583. The molecule has 0 spiro atoms. The van der Waals surface area contributed by atoms with Crippen LogP contribution in [-0.2, 0) is 20.2 Å². The SMILES string of the molecule is O=S(=O)([O-])CCS(=O)(=O)[O-].[Li+].[Li+]. The Hall–Kier alpha value is 1.01. The quantitative estimate of drug-likeness (QED) is 0.331. The fourth-order valence-corrected chi connectivity index (χ4v) is 1.84. The van der Waals surface area contributed by atoms with Crippen molar-refractivity contribution >= 4 is 20.2 Å². The van der Waals surface area contributed by atoms with E-state index in [0.717, 1.165) is 0 Å². The first-order valence-corrected chi connectivity index (χ1v) is 5.23. The fourth-order valence-electron chi connectivity index (χ4n) is 0.204. The minimum atomic E-state index is -4.59. The summed E-state index contributed by atoms with van der Waals surface area (Å²) in [4.78, 5) is 0. The van der Waals surface area contributed by atoms with E-state index in [4.69, 9.17) is 0 Å². The first-order valence-electron chi connectivity index (χ1n) is 2.08. The van der Waals surface area contributed by atoms with Crippen LogP contribution in [0.25, 0.3) is 0 Å². The van der Waals surface area contributed by atoms with Crippen molar-refractivity contribution in [1.82, 2.24) is 0 Å². The van der Waals surface area contributed by atoms with Crippen LogP contribution in [0.4, 0.5) is 0 Å². The van der Waals surface area contributed by atoms with Crippen LogP contribution in [0.5, 0.6) is 0 Å². The molecule has 0 atom stereocenters. The zero-order valence-corrected chi connectivity index (χ0v) is 8.31. The number of hydrogen-bond donors (Lipinski definition) is 0. The molecule has 0 aromatic rings. The Morgan fingerprint density at radius 3 is 1.00 bits per heavy atom. The molecule has 0 fully saturated rings. The molecule has 0 heterocycles. The molecule has 0 aromatic heterocycles. The second-order valence-electron chi connectivity index (χ2n) is 1.52. The molecule has 0 unspecified atom stereocenters. The van der Waals surface area contributed by atoms with Gasteiger partial charge in [0.05, 0.1) is 31.7 Å². The van der Waals surface area contributed by atoms with Crippen molar-refractivity contribution in [2.45, 2.75) is 0 Å². The summed E-state index contributed by atoms with van der Waals surface area (Å²) in [6.45, 7) is 0. The van der Waals surface area contributed by atoms with Gasteiger partial charge in [-0.1, -0.05) is 0 Å². The predicted octanol–water partition coefficient (Wildman–Crippen LogP) is -7.92. The van der Waals surface area contributed by atoms with Crippen molar-refractivity contribution in [2.75, 3.05) is 11.5 Å². The Balaban J connectivity index is -0.000000405. The van der Waals surface area contributed by atoms with Crippen LogP contribution in [0.2, 0.25) is 0 Å². The van der Waals surface area contributed by atoms with Crippen LogP contribution < -0.4 is 37.7 Å². The molecule has 0 aliphatic rings. The number of hydrogen-bond acceptors (Lipinski definition) is 6. The molecule has 0 aliphatic heterocycles. The Bertz CT molecular complexity index is 258. The Morgan fingerprint density at radius 2 is 0.917 bits per heavy atom. The third kappa shape index (κ3) is 17.2. The standard InChI is InChI=1S/C2H6O6S2.2Li/c3-9(4,5)1-2-10(6,7)8;;/h1-2H2,(H,3,4,5)(H,6,7,8);;/q;2*+1/p-2. The number of rotatable bonds is 3. The molecular formula is C2H4Li2O6S2. The topological polar surface area (TPSA) is 114 Å². The second-order valence-corrected chi connectivity index (χ2v) is 4.57. The summed E-state index contributed by atoms with van der Waals surface area (Å²) in [5, 5.41) is 0. The summed E-state index contributed by atoms with van der Waals surface area (Å²) in [6, 6.07) is 0. The van der Waals surface area contributed by atoms with E-state index in [-0.39, 0.29) is 37.7 Å². The van der Waals surface area contributed by atoms with Crippen LogP contribution in [0.1, 0.15) is 0 Å². The summed E-state index contributed by atoms with van der Waals surface area (Å²) in [5.41, 5.74) is 0. The predicted molar refractivity (Wildman–Crippen MR) is 29.1 cm³/mol. The Labute approximate surface area is 95.0 Å². The molecule has 0 N–H and O–H groups in total. The van der Waals surface area contributed by atoms with E-state index in [1.54, 1.807) is 0 Å². The average molecular weight is 202 g/mol. The van der Waals surface area contributed by atoms with Crippen molar-refractivity contribution in [3.05, 3.63) is 0 Å². The van der Waals surface area contributed by atoms with Gasteiger partial charge in [0, 0.05) is 0 Å². The van der Waals surface area contributed by atoms with Gasteiger partial charge in [0.25, 0.3) is 0 Å². The average Bonchev–Trinajstić information content (AvgIpc) is 1.57. The maximum Gasteiger partial charge on any atom is 1.00 e. The van der Waals surface area contributed by atoms with E-state index in [2.05, 4.69) is 0 Å². The molecule has 0 bridgehead atoms. The van der Waals surface area contributed by atoms with Gasteiger partial charge in [-0.15, -0.1) is 0 Å². The van der Waals surface area contributed by atoms with Crippen molar-refractivity contribution in [1.29, 1.82) is 0 Å². The zero-order chi connectivity index (χ0) is 8.41. The summed E-state index contributed by atoms with van der Waals surface area (Å²) >= 11 is 0. The van der Waals surface area contributed by atoms with Crippen molar-refractivity contribution in [3.63, 3.8) is 0 Å². The van der Waals surface area contributed by atoms with Crippen LogP contribution in [0, 0.1) is 0 Å². The fraction of sp³-hybridized carbons (Fsp3) is 1.00. The molecule has 0 saturated heterocycles. The van der Waals surface area contributed by atoms with Crippen molar-refractivity contribution in [2.24, 2.45) is 0 Å². The summed E-state index contributed by atoms with van der Waals surface area (Å²) in [6.07, 6.45) is 0. The first kappa shape index (κ1) is 18.7. The van der Waals surface area contributed by atoms with E-state index < -0.39 is 31.7 Å². The van der Waals surface area contributed by atoms with Crippen LogP contribution >= 0.6 is 0 Å². The minimum absolute atomic E-state index is 0. The van der Waals surface area contributed by atoms with Gasteiger partial charge >= 0.3 is 37.7 Å². The zero-order valence-electron chi connectivity index (χ0n) is 6.68. The Morgan fingerprint density at radius 1 is 0.750 bits per heavy atom. The Kier molecular flexibility index (Phi) is 10.1. The third-order valence-corrected chi connectivity index (χ3v) is 2.25. The van der Waals surface area contributed by atoms with Crippen LogP contribution in [0.15, 0.2) is 0 Å². The van der Waals surface area contributed by atoms with Crippen molar-refractivity contribution in [3.8, 4) is 0 Å². The molecule has 0 rings (SSSR count). The first-order chi connectivity index (χ1) is 4.21. The molecule has 0 amide bonds. The summed E-state index contributed by atoms with van der Waals surface area (Å²) in [5.74, 6) is -2.31. The molecular weight excluding hydrogens is 198 g/mol. The van der Waals surface area contributed by atoms with Crippen LogP contribution in [0.3, 0.4) is 0 Å². The van der Waals surface area contributed by atoms with Gasteiger partial charge in [0.2, 0.25) is 0 Å². The maximum atomic E-state index is 9.72. The maximum absolute atomic E-state index is 9.72. The largest absolute Gasteiger partial charge is 1.00 e. The van der Waals surface area contributed by atoms with Gasteiger partial charge in [0.15, 0.2) is 0 Å². The monoisotopic (exact) mass is 202 g/mol. The molecule has 6 nitrogen and oxygen atoms in total. The normalized spacial score (nSPS) is 11.2. The van der Waals surface area contributed by atoms with E-state index in [0.29, 0.717) is 0 Å². The summed E-state index contributed by atoms with van der Waals surface area (Å²) in [7, 11) is -9.17. The molecule has 0 radical (unpaired) electrons. The van der Waals surface area contributed by atoms with Crippen LogP contribution in [-0.4, -0.2) is 37.4 Å². The smallest absolute Gasteiger partial charge is 0.748 e. The summed E-state index contributed by atoms with van der Waals surface area (Å²) < 4.78 is 58.3. The van der Waals surface area contributed by atoms with Gasteiger partial charge < -0.3 is 9.11 Å². The van der Waals surface area contributed by atoms with Gasteiger partial charge in [-0.2, -0.15) is 0 Å². The second kappa shape index (κ2) is 6.47. The van der Waals surface area contributed by atoms with E-state index >= 15 is 0 Å². The molecule has 0 aromatic carbocycles.